The quantitative estimate of drug-likeness (QED) is 0.765. The van der Waals surface area contributed by atoms with Crippen molar-refractivity contribution in [1.82, 2.24) is 19.5 Å². The molecule has 2 fully saturated rings. The Balaban J connectivity index is 1.42. The highest BCUT2D eigenvalue weighted by molar-refractivity contribution is 5.91. The molecule has 0 aliphatic carbocycles. The van der Waals surface area contributed by atoms with Crippen molar-refractivity contribution >= 4 is 17.4 Å². The van der Waals surface area contributed by atoms with Gasteiger partial charge in [0, 0.05) is 35.7 Å². The van der Waals surface area contributed by atoms with Crippen LogP contribution in [0.25, 0.3) is 16.9 Å². The smallest absolute Gasteiger partial charge is 0.318 e. The number of carbonyl (C=O) groups is 1. The molecule has 26 heavy (non-hydrogen) atoms. The van der Waals surface area contributed by atoms with Gasteiger partial charge in [0.1, 0.15) is 0 Å². The average molecular weight is 347 g/mol. The number of urea groups is 1. The van der Waals surface area contributed by atoms with Gasteiger partial charge in [0.2, 0.25) is 0 Å². The molecular formula is C20H21N5O. The van der Waals surface area contributed by atoms with Crippen molar-refractivity contribution in [2.75, 3.05) is 5.32 Å². The Morgan fingerprint density at radius 2 is 2.04 bits per heavy atom. The first-order valence-electron chi connectivity index (χ1n) is 9.20. The first-order chi connectivity index (χ1) is 12.7. The van der Waals surface area contributed by atoms with E-state index in [1.807, 2.05) is 41.4 Å². The van der Waals surface area contributed by atoms with Crippen LogP contribution in [0.2, 0.25) is 0 Å². The van der Waals surface area contributed by atoms with E-state index in [2.05, 4.69) is 22.3 Å². The lowest BCUT2D eigenvalue weighted by Crippen LogP contribution is -2.62. The average Bonchev–Trinajstić information content (AvgIpc) is 3.11. The highest BCUT2D eigenvalue weighted by Crippen LogP contribution is 2.38. The molecule has 2 aliphatic rings. The number of amides is 2. The number of hydrogen-bond donors (Lipinski definition) is 1. The second-order valence-corrected chi connectivity index (χ2v) is 7.29. The number of carbonyl (C=O) groups excluding carboxylic acids is 1. The molecule has 6 nitrogen and oxygen atoms in total. The zero-order chi connectivity index (χ0) is 17.7. The summed E-state index contributed by atoms with van der Waals surface area (Å²) in [6.45, 7) is 2.06. The van der Waals surface area contributed by atoms with Crippen LogP contribution >= 0.6 is 0 Å². The molecule has 2 aliphatic heterocycles. The van der Waals surface area contributed by atoms with Gasteiger partial charge in [-0.15, -0.1) is 0 Å². The molecule has 2 unspecified atom stereocenters. The Hall–Kier alpha value is -2.89. The number of nitrogens with one attached hydrogen (secondary N) is 1. The minimum atomic E-state index is 0.0266. The summed E-state index contributed by atoms with van der Waals surface area (Å²) in [4.78, 5) is 18.9. The number of aromatic nitrogens is 3. The summed E-state index contributed by atoms with van der Waals surface area (Å²) in [6.07, 6.45) is 8.26. The van der Waals surface area contributed by atoms with Gasteiger partial charge in [-0.25, -0.2) is 14.3 Å². The maximum absolute atomic E-state index is 12.7. The third kappa shape index (κ3) is 2.44. The first kappa shape index (κ1) is 15.4. The number of anilines is 1. The van der Waals surface area contributed by atoms with E-state index in [0.717, 1.165) is 41.0 Å². The van der Waals surface area contributed by atoms with Gasteiger partial charge in [0.25, 0.3) is 0 Å². The molecule has 1 N–H and O–H groups in total. The molecule has 2 atom stereocenters. The maximum atomic E-state index is 12.7. The van der Waals surface area contributed by atoms with Crippen LogP contribution in [0.3, 0.4) is 0 Å². The predicted octanol–water partition coefficient (Wildman–Crippen LogP) is 3.86. The number of hydrogen-bond acceptors (Lipinski definition) is 3. The maximum Gasteiger partial charge on any atom is 0.322 e. The molecule has 0 spiro atoms. The van der Waals surface area contributed by atoms with Crippen molar-refractivity contribution in [1.29, 1.82) is 0 Å². The van der Waals surface area contributed by atoms with Crippen LogP contribution < -0.4 is 5.32 Å². The zero-order valence-electron chi connectivity index (χ0n) is 14.7. The minimum Gasteiger partial charge on any atom is -0.318 e. The van der Waals surface area contributed by atoms with Crippen LogP contribution in [0.4, 0.5) is 10.5 Å². The van der Waals surface area contributed by atoms with Gasteiger partial charge in [-0.2, -0.15) is 5.10 Å². The van der Waals surface area contributed by atoms with E-state index in [1.165, 1.54) is 12.8 Å². The van der Waals surface area contributed by atoms with E-state index in [1.54, 1.807) is 10.7 Å². The van der Waals surface area contributed by atoms with Crippen LogP contribution in [0.1, 0.15) is 31.2 Å². The summed E-state index contributed by atoms with van der Waals surface area (Å²) >= 11 is 0. The third-order valence-electron chi connectivity index (χ3n) is 5.66. The van der Waals surface area contributed by atoms with Crippen molar-refractivity contribution in [3.05, 3.63) is 48.3 Å². The summed E-state index contributed by atoms with van der Waals surface area (Å²) in [5, 5.41) is 7.71. The number of piperidine rings is 1. The molecule has 2 bridgehead atoms. The highest BCUT2D eigenvalue weighted by Gasteiger charge is 2.44. The van der Waals surface area contributed by atoms with Gasteiger partial charge in [0.05, 0.1) is 5.69 Å². The Kier molecular flexibility index (Phi) is 3.45. The second-order valence-electron chi connectivity index (χ2n) is 7.29. The molecule has 0 radical (unpaired) electrons. The standard InChI is InChI=1S/C20H21N5O/c1-13-5-6-14(22-20(26)25-15-3-2-4-16(25)12-15)11-17(13)18-7-8-19-21-9-10-24(19)23-18/h5-11,15-16H,2-4,12H2,1H3,(H,22,26). The number of nitrogens with zero attached hydrogens (tertiary/aromatic N) is 4. The van der Waals surface area contributed by atoms with Crippen LogP contribution in [0, 0.1) is 6.92 Å². The lowest BCUT2D eigenvalue weighted by atomic mass is 9.80. The van der Waals surface area contributed by atoms with Crippen LogP contribution in [-0.4, -0.2) is 37.6 Å². The fourth-order valence-electron chi connectivity index (χ4n) is 4.26. The van der Waals surface area contributed by atoms with Crippen molar-refractivity contribution in [2.24, 2.45) is 0 Å². The number of rotatable bonds is 2. The predicted molar refractivity (Wildman–Crippen MR) is 100 cm³/mol. The summed E-state index contributed by atoms with van der Waals surface area (Å²) in [6, 6.07) is 10.8. The van der Waals surface area contributed by atoms with E-state index in [0.29, 0.717) is 12.1 Å². The Morgan fingerprint density at radius 1 is 1.19 bits per heavy atom. The van der Waals surface area contributed by atoms with Crippen LogP contribution in [0.15, 0.2) is 42.7 Å². The summed E-state index contributed by atoms with van der Waals surface area (Å²) in [5.41, 5.74) is 4.64. The van der Waals surface area contributed by atoms with E-state index in [9.17, 15) is 4.79 Å². The van der Waals surface area contributed by atoms with Crippen molar-refractivity contribution in [3.63, 3.8) is 0 Å². The topological polar surface area (TPSA) is 62.5 Å². The third-order valence-corrected chi connectivity index (χ3v) is 5.66. The fraction of sp³-hybridized carbons (Fsp3) is 0.350. The van der Waals surface area contributed by atoms with Gasteiger partial charge in [-0.3, -0.25) is 0 Å². The molecule has 2 aromatic heterocycles. The van der Waals surface area contributed by atoms with E-state index < -0.39 is 0 Å². The number of benzene rings is 1. The number of imidazole rings is 1. The van der Waals surface area contributed by atoms with Gasteiger partial charge in [-0.1, -0.05) is 6.07 Å². The first-order valence-corrected chi connectivity index (χ1v) is 9.20. The van der Waals surface area contributed by atoms with Crippen molar-refractivity contribution < 1.29 is 4.79 Å². The molecule has 6 heteroatoms. The largest absolute Gasteiger partial charge is 0.322 e. The van der Waals surface area contributed by atoms with Gasteiger partial charge in [-0.05, 0) is 62.4 Å². The van der Waals surface area contributed by atoms with E-state index >= 15 is 0 Å². The molecule has 3 aromatic rings. The molecule has 4 heterocycles. The molecule has 2 amide bonds. The minimum absolute atomic E-state index is 0.0266. The molecule has 2 saturated heterocycles. The number of aryl methyl sites for hydroxylation is 1. The lowest BCUT2D eigenvalue weighted by molar-refractivity contribution is 0.0173. The molecule has 5 rings (SSSR count). The van der Waals surface area contributed by atoms with Crippen molar-refractivity contribution in [2.45, 2.75) is 44.7 Å². The van der Waals surface area contributed by atoms with Crippen LogP contribution in [0.5, 0.6) is 0 Å². The normalized spacial score (nSPS) is 21.5. The Morgan fingerprint density at radius 3 is 2.85 bits per heavy atom. The highest BCUT2D eigenvalue weighted by atomic mass is 16.2. The van der Waals surface area contributed by atoms with Gasteiger partial charge < -0.3 is 10.2 Å². The molecule has 1 aromatic carbocycles. The summed E-state index contributed by atoms with van der Waals surface area (Å²) < 4.78 is 1.77. The monoisotopic (exact) mass is 347 g/mol. The molecule has 0 saturated carbocycles. The van der Waals surface area contributed by atoms with E-state index in [-0.39, 0.29) is 6.03 Å². The lowest BCUT2D eigenvalue weighted by Gasteiger charge is -2.52. The number of fused-ring (bicyclic) bond motifs is 3. The van der Waals surface area contributed by atoms with E-state index in [4.69, 9.17) is 0 Å². The Labute approximate surface area is 151 Å². The molecular weight excluding hydrogens is 326 g/mol. The second kappa shape index (κ2) is 5.83. The van der Waals surface area contributed by atoms with Gasteiger partial charge >= 0.3 is 6.03 Å². The summed E-state index contributed by atoms with van der Waals surface area (Å²) in [7, 11) is 0. The van der Waals surface area contributed by atoms with Gasteiger partial charge in [0.15, 0.2) is 5.65 Å². The summed E-state index contributed by atoms with van der Waals surface area (Å²) in [5.74, 6) is 0. The van der Waals surface area contributed by atoms with Crippen molar-refractivity contribution in [3.8, 4) is 11.3 Å². The zero-order valence-corrected chi connectivity index (χ0v) is 14.7. The SMILES string of the molecule is Cc1ccc(NC(=O)N2C3CCCC2C3)cc1-c1ccc2nccn2n1. The molecule has 132 valence electrons. The Bertz CT molecular complexity index is 981. The van der Waals surface area contributed by atoms with Crippen LogP contribution in [-0.2, 0) is 0 Å². The fourth-order valence-corrected chi connectivity index (χ4v) is 4.26.